The van der Waals surface area contributed by atoms with Crippen molar-refractivity contribution >= 4 is 40.7 Å². The third-order valence-corrected chi connectivity index (χ3v) is 7.85. The van der Waals surface area contributed by atoms with Gasteiger partial charge in [-0.25, -0.2) is 4.90 Å². The molecule has 4 aliphatic rings. The SMILES string of the molecule is Cc1cc(Cl)c2c(c1)[C@]1(C(=O)N2)[C@@H]2C(=O)N(c3ccccc3C)C(=O)[C@@H]2[C@H]2CCCN21. The van der Waals surface area contributed by atoms with Crippen LogP contribution >= 0.6 is 11.6 Å². The third-order valence-electron chi connectivity index (χ3n) is 7.55. The molecule has 6 rings (SSSR count). The van der Waals surface area contributed by atoms with Crippen molar-refractivity contribution in [2.75, 3.05) is 16.8 Å². The number of anilines is 2. The lowest BCUT2D eigenvalue weighted by atomic mass is 9.75. The molecular formula is C24H22ClN3O3. The van der Waals surface area contributed by atoms with E-state index in [2.05, 4.69) is 10.2 Å². The molecule has 4 heterocycles. The number of imide groups is 1. The van der Waals surface area contributed by atoms with E-state index in [0.29, 0.717) is 22.9 Å². The van der Waals surface area contributed by atoms with Gasteiger partial charge in [0.05, 0.1) is 28.2 Å². The predicted octanol–water partition coefficient (Wildman–Crippen LogP) is 3.39. The number of nitrogens with zero attached hydrogens (tertiary/aromatic N) is 2. The summed E-state index contributed by atoms with van der Waals surface area (Å²) >= 11 is 6.50. The highest BCUT2D eigenvalue weighted by atomic mass is 35.5. The van der Waals surface area contributed by atoms with E-state index in [1.165, 1.54) is 4.90 Å². The number of hydrogen-bond acceptors (Lipinski definition) is 4. The molecular weight excluding hydrogens is 414 g/mol. The summed E-state index contributed by atoms with van der Waals surface area (Å²) in [5.74, 6) is -2.03. The average molecular weight is 436 g/mol. The lowest BCUT2D eigenvalue weighted by Gasteiger charge is -2.37. The van der Waals surface area contributed by atoms with Crippen LogP contribution in [0, 0.1) is 25.7 Å². The van der Waals surface area contributed by atoms with E-state index < -0.39 is 17.4 Å². The first-order valence-electron chi connectivity index (χ1n) is 10.7. The Hall–Kier alpha value is -2.70. The highest BCUT2D eigenvalue weighted by Gasteiger charge is 2.74. The number of rotatable bonds is 1. The van der Waals surface area contributed by atoms with Gasteiger partial charge in [0.25, 0.3) is 5.91 Å². The van der Waals surface area contributed by atoms with Gasteiger partial charge in [-0.3, -0.25) is 19.3 Å². The van der Waals surface area contributed by atoms with Gasteiger partial charge >= 0.3 is 0 Å². The summed E-state index contributed by atoms with van der Waals surface area (Å²) in [4.78, 5) is 44.8. The zero-order chi connectivity index (χ0) is 21.7. The number of aryl methyl sites for hydroxylation is 2. The fourth-order valence-electron chi connectivity index (χ4n) is 6.45. The van der Waals surface area contributed by atoms with Crippen LogP contribution < -0.4 is 10.2 Å². The Morgan fingerprint density at radius 3 is 2.65 bits per heavy atom. The molecule has 158 valence electrons. The van der Waals surface area contributed by atoms with Crippen molar-refractivity contribution in [3.8, 4) is 0 Å². The molecule has 0 unspecified atom stereocenters. The Labute approximate surface area is 185 Å². The quantitative estimate of drug-likeness (QED) is 0.697. The standard InChI is InChI=1S/C24H22ClN3O3/c1-12-10-14-20(15(25)11-12)26-23(31)24(14)19-18(17-8-5-9-27(17)24)21(29)28(22(19)30)16-7-4-3-6-13(16)2/h3-4,6-7,10-11,17-19H,5,8-9H2,1-2H3,(H,26,31)/t17-,18-,19+,24-/m1/s1. The van der Waals surface area contributed by atoms with Crippen LogP contribution in [0.2, 0.25) is 5.02 Å². The maximum Gasteiger partial charge on any atom is 0.250 e. The number of amides is 3. The largest absolute Gasteiger partial charge is 0.323 e. The van der Waals surface area contributed by atoms with Gasteiger partial charge in [0.1, 0.15) is 5.54 Å². The molecule has 0 aromatic heterocycles. The van der Waals surface area contributed by atoms with Gasteiger partial charge in [0, 0.05) is 11.6 Å². The summed E-state index contributed by atoms with van der Waals surface area (Å²) in [5, 5.41) is 3.42. The molecule has 1 spiro atoms. The zero-order valence-electron chi connectivity index (χ0n) is 17.3. The van der Waals surface area contributed by atoms with Crippen LogP contribution in [0.15, 0.2) is 36.4 Å². The molecule has 2 aromatic rings. The number of benzene rings is 2. The van der Waals surface area contributed by atoms with E-state index in [1.807, 2.05) is 44.2 Å². The Kier molecular flexibility index (Phi) is 3.79. The smallest absolute Gasteiger partial charge is 0.250 e. The molecule has 0 aliphatic carbocycles. The summed E-state index contributed by atoms with van der Waals surface area (Å²) in [6.45, 7) is 4.50. The molecule has 1 N–H and O–H groups in total. The van der Waals surface area contributed by atoms with Crippen LogP contribution in [0.1, 0.15) is 29.5 Å². The molecule has 31 heavy (non-hydrogen) atoms. The fraction of sp³-hybridized carbons (Fsp3) is 0.375. The molecule has 0 radical (unpaired) electrons. The van der Waals surface area contributed by atoms with E-state index in [1.54, 1.807) is 6.07 Å². The van der Waals surface area contributed by atoms with Crippen molar-refractivity contribution in [2.45, 2.75) is 38.3 Å². The number of para-hydroxylation sites is 1. The Bertz CT molecular complexity index is 1190. The Morgan fingerprint density at radius 1 is 1.10 bits per heavy atom. The van der Waals surface area contributed by atoms with Crippen molar-refractivity contribution in [3.63, 3.8) is 0 Å². The van der Waals surface area contributed by atoms with Gasteiger partial charge in [-0.15, -0.1) is 0 Å². The van der Waals surface area contributed by atoms with Crippen molar-refractivity contribution in [1.82, 2.24) is 4.90 Å². The van der Waals surface area contributed by atoms with E-state index in [0.717, 1.165) is 29.5 Å². The van der Waals surface area contributed by atoms with Gasteiger partial charge in [-0.05, 0) is 56.5 Å². The van der Waals surface area contributed by atoms with Crippen molar-refractivity contribution in [2.24, 2.45) is 11.8 Å². The number of halogens is 1. The van der Waals surface area contributed by atoms with Gasteiger partial charge in [-0.1, -0.05) is 35.9 Å². The van der Waals surface area contributed by atoms with Gasteiger partial charge < -0.3 is 5.32 Å². The average Bonchev–Trinajstić information content (AvgIpc) is 3.42. The zero-order valence-corrected chi connectivity index (χ0v) is 18.1. The van der Waals surface area contributed by atoms with Crippen molar-refractivity contribution in [3.05, 3.63) is 58.1 Å². The third kappa shape index (κ3) is 2.14. The lowest BCUT2D eigenvalue weighted by Crippen LogP contribution is -2.54. The molecule has 3 fully saturated rings. The fourth-order valence-corrected chi connectivity index (χ4v) is 6.77. The van der Waals surface area contributed by atoms with Gasteiger partial charge in [-0.2, -0.15) is 0 Å². The minimum absolute atomic E-state index is 0.133. The van der Waals surface area contributed by atoms with Crippen molar-refractivity contribution < 1.29 is 14.4 Å². The lowest BCUT2D eigenvalue weighted by molar-refractivity contribution is -0.135. The summed E-state index contributed by atoms with van der Waals surface area (Å²) in [6.07, 6.45) is 1.69. The van der Waals surface area contributed by atoms with E-state index >= 15 is 0 Å². The first-order valence-corrected chi connectivity index (χ1v) is 11.1. The number of hydrogen-bond donors (Lipinski definition) is 1. The molecule has 0 saturated carbocycles. The Balaban J connectivity index is 1.60. The second kappa shape index (κ2) is 6.17. The summed E-state index contributed by atoms with van der Waals surface area (Å²) < 4.78 is 0. The molecule has 6 nitrogen and oxygen atoms in total. The monoisotopic (exact) mass is 435 g/mol. The maximum absolute atomic E-state index is 13.9. The van der Waals surface area contributed by atoms with E-state index in [-0.39, 0.29) is 23.8 Å². The predicted molar refractivity (Wildman–Crippen MR) is 117 cm³/mol. The Morgan fingerprint density at radius 2 is 1.87 bits per heavy atom. The number of carbonyl (C=O) groups excluding carboxylic acids is 3. The first-order chi connectivity index (χ1) is 14.9. The highest BCUT2D eigenvalue weighted by molar-refractivity contribution is 6.35. The molecule has 0 bridgehead atoms. The molecule has 4 atom stereocenters. The number of nitrogens with one attached hydrogen (secondary N) is 1. The molecule has 3 amide bonds. The maximum atomic E-state index is 13.9. The van der Waals surface area contributed by atoms with Gasteiger partial charge in [0.15, 0.2) is 0 Å². The molecule has 2 aromatic carbocycles. The van der Waals surface area contributed by atoms with E-state index in [4.69, 9.17) is 11.6 Å². The van der Waals surface area contributed by atoms with E-state index in [9.17, 15) is 14.4 Å². The first kappa shape index (κ1) is 19.0. The van der Waals surface area contributed by atoms with Gasteiger partial charge in [0.2, 0.25) is 11.8 Å². The summed E-state index contributed by atoms with van der Waals surface area (Å²) in [7, 11) is 0. The number of fused-ring (bicyclic) bond motifs is 7. The second-order valence-electron chi connectivity index (χ2n) is 9.09. The molecule has 3 saturated heterocycles. The molecule has 7 heteroatoms. The summed E-state index contributed by atoms with van der Waals surface area (Å²) in [6, 6.07) is 11.0. The van der Waals surface area contributed by atoms with Crippen molar-refractivity contribution in [1.29, 1.82) is 0 Å². The van der Waals surface area contributed by atoms with Crippen LogP contribution in [-0.4, -0.2) is 35.2 Å². The minimum atomic E-state index is -1.19. The van der Waals surface area contributed by atoms with Crippen LogP contribution in [0.25, 0.3) is 0 Å². The number of carbonyl (C=O) groups is 3. The molecule has 4 aliphatic heterocycles. The summed E-state index contributed by atoms with van der Waals surface area (Å²) in [5.41, 5.74) is 2.49. The minimum Gasteiger partial charge on any atom is -0.323 e. The van der Waals surface area contributed by atoms with Crippen LogP contribution in [0.3, 0.4) is 0 Å². The van der Waals surface area contributed by atoms with Crippen LogP contribution in [0.4, 0.5) is 11.4 Å². The topological polar surface area (TPSA) is 69.7 Å². The second-order valence-corrected chi connectivity index (χ2v) is 9.50. The normalized spacial score (nSPS) is 31.4. The van der Waals surface area contributed by atoms with Crippen LogP contribution in [0.5, 0.6) is 0 Å². The van der Waals surface area contributed by atoms with Crippen LogP contribution in [-0.2, 0) is 19.9 Å². The highest BCUT2D eigenvalue weighted by Crippen LogP contribution is 2.61.